The molecular weight excluding hydrogens is 394 g/mol. The van der Waals surface area contributed by atoms with Gasteiger partial charge in [0.05, 0.1) is 17.8 Å². The van der Waals surface area contributed by atoms with Gasteiger partial charge in [0.15, 0.2) is 0 Å². The van der Waals surface area contributed by atoms with E-state index in [-0.39, 0.29) is 16.7 Å². The zero-order valence-electron chi connectivity index (χ0n) is 19.3. The van der Waals surface area contributed by atoms with E-state index in [1.807, 2.05) is 41.5 Å². The molecule has 2 atom stereocenters. The van der Waals surface area contributed by atoms with Crippen molar-refractivity contribution in [3.8, 4) is 0 Å². The number of carbonyl (C=O) groups excluding carboxylic acids is 1. The van der Waals surface area contributed by atoms with Crippen LogP contribution in [0.5, 0.6) is 0 Å². The first kappa shape index (κ1) is 24.6. The van der Waals surface area contributed by atoms with Gasteiger partial charge in [0.1, 0.15) is 7.11 Å². The first-order chi connectivity index (χ1) is 14.3. The molecule has 2 N–H and O–H groups in total. The van der Waals surface area contributed by atoms with Gasteiger partial charge >= 0.3 is 5.97 Å². The van der Waals surface area contributed by atoms with E-state index in [9.17, 15) is 15.0 Å². The van der Waals surface area contributed by atoms with E-state index in [2.05, 4.69) is 5.16 Å². The standard InChI is InChI=1S/C25H33NO5/c1-24(2,3)20(27)16-8-12-18(13-9-16)22(26-30-7)31-23(29)19-14-10-17(11-15-19)21(28)25(4,5)6/h8-15,20-21,27-28H,1-7H3/b26-22+/t20-,21-/m1/s1. The number of rotatable bonds is 5. The molecule has 0 amide bonds. The summed E-state index contributed by atoms with van der Waals surface area (Å²) < 4.78 is 5.46. The summed E-state index contributed by atoms with van der Waals surface area (Å²) in [5.74, 6) is -0.575. The summed E-state index contributed by atoms with van der Waals surface area (Å²) in [6.45, 7) is 11.7. The minimum Gasteiger partial charge on any atom is -0.400 e. The Kier molecular flexibility index (Phi) is 7.63. The van der Waals surface area contributed by atoms with Gasteiger partial charge in [-0.2, -0.15) is 0 Å². The Bertz CT molecular complexity index is 903. The summed E-state index contributed by atoms with van der Waals surface area (Å²) in [4.78, 5) is 17.5. The van der Waals surface area contributed by atoms with Crippen LogP contribution in [0.25, 0.3) is 0 Å². The zero-order chi connectivity index (χ0) is 23.4. The highest BCUT2D eigenvalue weighted by molar-refractivity contribution is 6.04. The van der Waals surface area contributed by atoms with Crippen molar-refractivity contribution in [2.24, 2.45) is 16.0 Å². The predicted octanol–water partition coefficient (Wildman–Crippen LogP) is 5.01. The number of benzene rings is 2. The summed E-state index contributed by atoms with van der Waals surface area (Å²) in [7, 11) is 1.37. The van der Waals surface area contributed by atoms with Crippen molar-refractivity contribution in [2.45, 2.75) is 53.8 Å². The minimum atomic E-state index is -0.648. The Balaban J connectivity index is 2.18. The van der Waals surface area contributed by atoms with E-state index in [0.29, 0.717) is 11.1 Å². The highest BCUT2D eigenvalue weighted by Crippen LogP contribution is 2.33. The average Bonchev–Trinajstić information content (AvgIpc) is 2.71. The van der Waals surface area contributed by atoms with Crippen molar-refractivity contribution in [2.75, 3.05) is 7.11 Å². The molecule has 0 aliphatic heterocycles. The third-order valence-corrected chi connectivity index (χ3v) is 4.94. The fourth-order valence-electron chi connectivity index (χ4n) is 2.97. The van der Waals surface area contributed by atoms with E-state index in [1.54, 1.807) is 48.5 Å². The first-order valence-corrected chi connectivity index (χ1v) is 10.2. The number of hydrogen-bond acceptors (Lipinski definition) is 6. The fraction of sp³-hybridized carbons (Fsp3) is 0.440. The second-order valence-electron chi connectivity index (χ2n) is 9.75. The van der Waals surface area contributed by atoms with Crippen LogP contribution in [-0.4, -0.2) is 29.2 Å². The second kappa shape index (κ2) is 9.62. The molecule has 0 saturated heterocycles. The minimum absolute atomic E-state index is 0.0168. The molecule has 2 aromatic rings. The molecule has 0 aromatic heterocycles. The van der Waals surface area contributed by atoms with Crippen molar-refractivity contribution < 1.29 is 24.6 Å². The van der Waals surface area contributed by atoms with Gasteiger partial charge in [-0.3, -0.25) is 0 Å². The van der Waals surface area contributed by atoms with E-state index >= 15 is 0 Å². The number of nitrogens with zero attached hydrogens (tertiary/aromatic N) is 1. The summed E-state index contributed by atoms with van der Waals surface area (Å²) in [6.07, 6.45) is -1.28. The quantitative estimate of drug-likeness (QED) is 0.303. The normalized spacial score (nSPS) is 14.7. The van der Waals surface area contributed by atoms with Crippen molar-refractivity contribution in [1.29, 1.82) is 0 Å². The Labute approximate surface area is 184 Å². The van der Waals surface area contributed by atoms with Crippen LogP contribution in [0.1, 0.15) is 80.8 Å². The highest BCUT2D eigenvalue weighted by Gasteiger charge is 2.25. The largest absolute Gasteiger partial charge is 0.400 e. The maximum Gasteiger partial charge on any atom is 0.344 e. The van der Waals surface area contributed by atoms with Crippen LogP contribution < -0.4 is 0 Å². The van der Waals surface area contributed by atoms with Crippen LogP contribution in [0.3, 0.4) is 0 Å². The number of oxime groups is 1. The lowest BCUT2D eigenvalue weighted by Gasteiger charge is -2.26. The molecule has 0 heterocycles. The molecular formula is C25H33NO5. The SMILES string of the molecule is CO/N=C(/OC(=O)c1ccc([C@@H](O)C(C)(C)C)cc1)c1ccc([C@@H](O)C(C)(C)C)cc1. The highest BCUT2D eigenvalue weighted by atomic mass is 16.6. The number of carbonyl (C=O) groups is 1. The lowest BCUT2D eigenvalue weighted by Crippen LogP contribution is -2.19. The summed E-state index contributed by atoms with van der Waals surface area (Å²) in [6, 6.07) is 13.6. The monoisotopic (exact) mass is 427 g/mol. The molecule has 6 heteroatoms. The van der Waals surface area contributed by atoms with Gasteiger partial charge < -0.3 is 19.8 Å². The molecule has 0 spiro atoms. The number of aliphatic hydroxyl groups is 2. The predicted molar refractivity (Wildman–Crippen MR) is 121 cm³/mol. The maximum atomic E-state index is 12.6. The third kappa shape index (κ3) is 6.39. The van der Waals surface area contributed by atoms with Crippen molar-refractivity contribution >= 4 is 11.9 Å². The molecule has 0 fully saturated rings. The molecule has 168 valence electrons. The average molecular weight is 428 g/mol. The summed E-state index contributed by atoms with van der Waals surface area (Å²) >= 11 is 0. The van der Waals surface area contributed by atoms with Gasteiger partial charge in [0.25, 0.3) is 5.90 Å². The van der Waals surface area contributed by atoms with E-state index in [4.69, 9.17) is 9.57 Å². The first-order valence-electron chi connectivity index (χ1n) is 10.2. The Hall–Kier alpha value is -2.70. The fourth-order valence-corrected chi connectivity index (χ4v) is 2.97. The van der Waals surface area contributed by atoms with Crippen LogP contribution in [0, 0.1) is 10.8 Å². The lowest BCUT2D eigenvalue weighted by molar-refractivity contribution is 0.0624. The topological polar surface area (TPSA) is 88.4 Å². The van der Waals surface area contributed by atoms with Gasteiger partial charge in [-0.05, 0) is 51.4 Å². The number of aliphatic hydroxyl groups excluding tert-OH is 2. The molecule has 0 saturated carbocycles. The van der Waals surface area contributed by atoms with Crippen molar-refractivity contribution in [3.05, 3.63) is 70.8 Å². The molecule has 6 nitrogen and oxygen atoms in total. The van der Waals surface area contributed by atoms with Gasteiger partial charge in [-0.25, -0.2) is 4.79 Å². The van der Waals surface area contributed by atoms with E-state index < -0.39 is 18.2 Å². The Morgan fingerprint density at radius 2 is 1.16 bits per heavy atom. The lowest BCUT2D eigenvalue weighted by atomic mass is 9.84. The van der Waals surface area contributed by atoms with E-state index in [0.717, 1.165) is 11.1 Å². The number of ether oxygens (including phenoxy) is 1. The smallest absolute Gasteiger partial charge is 0.344 e. The maximum absolute atomic E-state index is 12.6. The van der Waals surface area contributed by atoms with Gasteiger partial charge in [0, 0.05) is 5.56 Å². The van der Waals surface area contributed by atoms with Crippen molar-refractivity contribution in [3.63, 3.8) is 0 Å². The molecule has 0 unspecified atom stereocenters. The van der Waals surface area contributed by atoms with Crippen LogP contribution in [0.15, 0.2) is 53.7 Å². The number of hydrogen-bond donors (Lipinski definition) is 2. The van der Waals surface area contributed by atoms with Crippen molar-refractivity contribution in [1.82, 2.24) is 0 Å². The molecule has 0 aliphatic rings. The van der Waals surface area contributed by atoms with Crippen LogP contribution >= 0.6 is 0 Å². The van der Waals surface area contributed by atoms with Crippen LogP contribution in [0.4, 0.5) is 0 Å². The Morgan fingerprint density at radius 1 is 0.774 bits per heavy atom. The van der Waals surface area contributed by atoms with Crippen LogP contribution in [0.2, 0.25) is 0 Å². The molecule has 2 aromatic carbocycles. The number of esters is 1. The van der Waals surface area contributed by atoms with E-state index in [1.165, 1.54) is 7.11 Å². The van der Waals surface area contributed by atoms with Crippen LogP contribution in [-0.2, 0) is 9.57 Å². The zero-order valence-corrected chi connectivity index (χ0v) is 19.3. The van der Waals surface area contributed by atoms with Gasteiger partial charge in [-0.15, -0.1) is 0 Å². The molecule has 0 aliphatic carbocycles. The van der Waals surface area contributed by atoms with Gasteiger partial charge in [-0.1, -0.05) is 65.8 Å². The summed E-state index contributed by atoms with van der Waals surface area (Å²) in [5, 5.41) is 24.7. The molecule has 0 radical (unpaired) electrons. The third-order valence-electron chi connectivity index (χ3n) is 4.94. The Morgan fingerprint density at radius 3 is 1.52 bits per heavy atom. The second-order valence-corrected chi connectivity index (χ2v) is 9.75. The molecule has 2 rings (SSSR count). The van der Waals surface area contributed by atoms with Gasteiger partial charge in [0.2, 0.25) is 0 Å². The summed E-state index contributed by atoms with van der Waals surface area (Å²) in [5.41, 5.74) is 1.74. The molecule has 31 heavy (non-hydrogen) atoms. The molecule has 0 bridgehead atoms.